The van der Waals surface area contributed by atoms with Crippen molar-refractivity contribution in [3.63, 3.8) is 0 Å². The molecule has 0 saturated carbocycles. The van der Waals surface area contributed by atoms with Crippen molar-refractivity contribution >= 4 is 33.0 Å². The molecular formula is C9H9BrOS. The normalized spacial score (nSPS) is 9.75. The molecule has 0 aliphatic heterocycles. The Kier molecular flexibility index (Phi) is 3.69. The van der Waals surface area contributed by atoms with Gasteiger partial charge in [-0.25, -0.2) is 0 Å². The first-order valence-electron chi connectivity index (χ1n) is 3.58. The molecule has 0 N–H and O–H groups in total. The smallest absolute Gasteiger partial charge is 0.141 e. The highest BCUT2D eigenvalue weighted by Crippen LogP contribution is 2.23. The lowest BCUT2D eigenvalue weighted by molar-refractivity contribution is -0.117. The third-order valence-corrected chi connectivity index (χ3v) is 3.35. The van der Waals surface area contributed by atoms with Crippen molar-refractivity contribution in [1.82, 2.24) is 0 Å². The van der Waals surface area contributed by atoms with Crippen molar-refractivity contribution in [2.75, 3.05) is 0 Å². The van der Waals surface area contributed by atoms with Crippen LogP contribution >= 0.6 is 27.3 Å². The Morgan fingerprint density at radius 2 is 2.50 bits per heavy atom. The summed E-state index contributed by atoms with van der Waals surface area (Å²) in [6.45, 7) is 3.52. The van der Waals surface area contributed by atoms with Crippen molar-refractivity contribution in [1.29, 1.82) is 0 Å². The zero-order valence-corrected chi connectivity index (χ0v) is 8.95. The summed E-state index contributed by atoms with van der Waals surface area (Å²) in [6, 6.07) is 1.96. The van der Waals surface area contributed by atoms with Gasteiger partial charge >= 0.3 is 0 Å². The third kappa shape index (κ3) is 2.57. The van der Waals surface area contributed by atoms with Gasteiger partial charge in [0.2, 0.25) is 0 Å². The topological polar surface area (TPSA) is 17.1 Å². The predicted molar refractivity (Wildman–Crippen MR) is 55.5 cm³/mol. The molecule has 0 amide bonds. The lowest BCUT2D eigenvalue weighted by Crippen LogP contribution is -1.98. The Balaban J connectivity index is 2.57. The Morgan fingerprint density at radius 3 is 3.00 bits per heavy atom. The molecule has 1 aromatic rings. The number of hydrogen-bond donors (Lipinski definition) is 0. The summed E-state index contributed by atoms with van der Waals surface area (Å²) in [7, 11) is 0. The maximum atomic E-state index is 11.2. The Labute approximate surface area is 84.2 Å². The van der Waals surface area contributed by atoms with Gasteiger partial charge in [-0.1, -0.05) is 6.08 Å². The summed E-state index contributed by atoms with van der Waals surface area (Å²) in [6.07, 6.45) is 2.62. The minimum atomic E-state index is 0.216. The van der Waals surface area contributed by atoms with Crippen LogP contribution in [-0.4, -0.2) is 5.78 Å². The standard InChI is InChI=1S/C9H9BrOS/c1-2-3-7(11)6-9-8(10)4-5-12-9/h2,4-5H,1,3,6H2. The van der Waals surface area contributed by atoms with E-state index in [1.807, 2.05) is 11.4 Å². The molecule has 0 saturated heterocycles. The first kappa shape index (κ1) is 9.68. The molecule has 0 radical (unpaired) electrons. The molecule has 1 rings (SSSR count). The van der Waals surface area contributed by atoms with Gasteiger partial charge in [0.25, 0.3) is 0 Å². The van der Waals surface area contributed by atoms with Gasteiger partial charge in [0.1, 0.15) is 5.78 Å². The van der Waals surface area contributed by atoms with E-state index in [0.717, 1.165) is 9.35 Å². The van der Waals surface area contributed by atoms with E-state index in [9.17, 15) is 4.79 Å². The fraction of sp³-hybridized carbons (Fsp3) is 0.222. The molecule has 64 valence electrons. The zero-order chi connectivity index (χ0) is 8.97. The molecule has 1 nitrogen and oxygen atoms in total. The van der Waals surface area contributed by atoms with E-state index >= 15 is 0 Å². The Bertz CT molecular complexity index is 290. The molecule has 0 spiro atoms. The quantitative estimate of drug-likeness (QED) is 0.744. The fourth-order valence-corrected chi connectivity index (χ4v) is 2.38. The van der Waals surface area contributed by atoms with Crippen LogP contribution in [0.1, 0.15) is 11.3 Å². The zero-order valence-electron chi connectivity index (χ0n) is 6.55. The molecule has 12 heavy (non-hydrogen) atoms. The monoisotopic (exact) mass is 244 g/mol. The maximum Gasteiger partial charge on any atom is 0.141 e. The number of halogens is 1. The maximum absolute atomic E-state index is 11.2. The number of thiophene rings is 1. The van der Waals surface area contributed by atoms with Crippen molar-refractivity contribution in [3.05, 3.63) is 33.5 Å². The second kappa shape index (κ2) is 4.58. The van der Waals surface area contributed by atoms with Crippen LogP contribution in [0.25, 0.3) is 0 Å². The van der Waals surface area contributed by atoms with Crippen LogP contribution in [0.3, 0.4) is 0 Å². The molecular weight excluding hydrogens is 236 g/mol. The number of hydrogen-bond acceptors (Lipinski definition) is 2. The molecule has 0 atom stereocenters. The van der Waals surface area contributed by atoms with Crippen LogP contribution in [-0.2, 0) is 11.2 Å². The number of carbonyl (C=O) groups excluding carboxylic acids is 1. The van der Waals surface area contributed by atoms with Gasteiger partial charge in [0.15, 0.2) is 0 Å². The van der Waals surface area contributed by atoms with E-state index in [0.29, 0.717) is 12.8 Å². The number of rotatable bonds is 4. The second-order valence-corrected chi connectivity index (χ2v) is 4.25. The van der Waals surface area contributed by atoms with Crippen LogP contribution in [0.2, 0.25) is 0 Å². The average molecular weight is 245 g/mol. The largest absolute Gasteiger partial charge is 0.299 e. The van der Waals surface area contributed by atoms with E-state index in [-0.39, 0.29) is 5.78 Å². The summed E-state index contributed by atoms with van der Waals surface area (Å²) in [5.41, 5.74) is 0. The lowest BCUT2D eigenvalue weighted by Gasteiger charge is -1.94. The second-order valence-electron chi connectivity index (χ2n) is 2.40. The van der Waals surface area contributed by atoms with Crippen LogP contribution in [0.4, 0.5) is 0 Å². The summed E-state index contributed by atoms with van der Waals surface area (Å²) >= 11 is 4.98. The fourth-order valence-electron chi connectivity index (χ4n) is 0.863. The van der Waals surface area contributed by atoms with E-state index in [4.69, 9.17) is 0 Å². The first-order chi connectivity index (χ1) is 5.74. The van der Waals surface area contributed by atoms with Crippen molar-refractivity contribution in [2.45, 2.75) is 12.8 Å². The third-order valence-electron chi connectivity index (χ3n) is 1.42. The van der Waals surface area contributed by atoms with Gasteiger partial charge < -0.3 is 0 Å². The number of Topliss-reactive ketones (excluding diaryl/α,β-unsaturated/α-hetero) is 1. The van der Waals surface area contributed by atoms with Gasteiger partial charge in [-0.15, -0.1) is 17.9 Å². The minimum Gasteiger partial charge on any atom is -0.299 e. The highest BCUT2D eigenvalue weighted by Gasteiger charge is 2.05. The molecule has 1 heterocycles. The van der Waals surface area contributed by atoms with Crippen molar-refractivity contribution in [3.8, 4) is 0 Å². The Morgan fingerprint density at radius 1 is 1.75 bits per heavy atom. The van der Waals surface area contributed by atoms with Gasteiger partial charge in [-0.05, 0) is 27.4 Å². The predicted octanol–water partition coefficient (Wildman–Crippen LogP) is 3.20. The SMILES string of the molecule is C=CCC(=O)Cc1sccc1Br. The number of carbonyl (C=O) groups is 1. The number of allylic oxidation sites excluding steroid dienone is 1. The van der Waals surface area contributed by atoms with Crippen LogP contribution < -0.4 is 0 Å². The molecule has 0 fully saturated rings. The Hall–Kier alpha value is -0.410. The van der Waals surface area contributed by atoms with Gasteiger partial charge in [-0.3, -0.25) is 4.79 Å². The van der Waals surface area contributed by atoms with Crippen molar-refractivity contribution in [2.24, 2.45) is 0 Å². The van der Waals surface area contributed by atoms with Gasteiger partial charge in [0.05, 0.1) is 0 Å². The van der Waals surface area contributed by atoms with Crippen molar-refractivity contribution < 1.29 is 4.79 Å². The van der Waals surface area contributed by atoms with E-state index < -0.39 is 0 Å². The van der Waals surface area contributed by atoms with E-state index in [2.05, 4.69) is 22.5 Å². The molecule has 3 heteroatoms. The minimum absolute atomic E-state index is 0.216. The highest BCUT2D eigenvalue weighted by molar-refractivity contribution is 9.10. The number of ketones is 1. The average Bonchev–Trinajstić information content (AvgIpc) is 2.37. The summed E-state index contributed by atoms with van der Waals surface area (Å²) < 4.78 is 1.03. The summed E-state index contributed by atoms with van der Waals surface area (Å²) in [5, 5.41) is 1.97. The van der Waals surface area contributed by atoms with Crippen LogP contribution in [0.5, 0.6) is 0 Å². The molecule has 0 aliphatic carbocycles. The van der Waals surface area contributed by atoms with E-state index in [1.54, 1.807) is 17.4 Å². The molecule has 1 aromatic heterocycles. The molecule has 0 aliphatic rings. The van der Waals surface area contributed by atoms with Gasteiger partial charge in [0, 0.05) is 22.2 Å². The summed E-state index contributed by atoms with van der Waals surface area (Å²) in [4.78, 5) is 12.3. The van der Waals surface area contributed by atoms with Gasteiger partial charge in [-0.2, -0.15) is 0 Å². The van der Waals surface area contributed by atoms with Crippen LogP contribution in [0, 0.1) is 0 Å². The first-order valence-corrected chi connectivity index (χ1v) is 5.25. The molecule has 0 aromatic carbocycles. The van der Waals surface area contributed by atoms with E-state index in [1.165, 1.54) is 0 Å². The highest BCUT2D eigenvalue weighted by atomic mass is 79.9. The molecule has 0 bridgehead atoms. The van der Waals surface area contributed by atoms with Crippen LogP contribution in [0.15, 0.2) is 28.6 Å². The summed E-state index contributed by atoms with van der Waals surface area (Å²) in [5.74, 6) is 0.216. The molecule has 0 unspecified atom stereocenters. The lowest BCUT2D eigenvalue weighted by atomic mass is 10.2.